The Morgan fingerprint density at radius 2 is 1.96 bits per heavy atom. The third-order valence-electron chi connectivity index (χ3n) is 3.20. The van der Waals surface area contributed by atoms with Gasteiger partial charge >= 0.3 is 6.03 Å². The van der Waals surface area contributed by atoms with Crippen molar-refractivity contribution in [3.63, 3.8) is 0 Å². The number of anilines is 1. The van der Waals surface area contributed by atoms with E-state index in [1.54, 1.807) is 26.2 Å². The number of carbonyl (C=O) groups is 1. The van der Waals surface area contributed by atoms with E-state index in [0.717, 1.165) is 6.07 Å². The monoisotopic (exact) mass is 339 g/mol. The number of hydrogen-bond acceptors (Lipinski definition) is 4. The standard InChI is InChI=1S/C15H19F2N5O2/c1-21(4-5-24-3)20-15(23)18-14-9-13(19-22(14)2)10-6-11(16)8-12(17)7-10/h6-9H,4-5H2,1-3H3,(H2,18,20,23). The molecule has 1 aromatic carbocycles. The Bertz CT molecular complexity index is 700. The van der Waals surface area contributed by atoms with Crippen LogP contribution >= 0.6 is 0 Å². The number of likely N-dealkylation sites (N-methyl/N-ethyl adjacent to an activating group) is 1. The van der Waals surface area contributed by atoms with Crippen LogP contribution in [0.3, 0.4) is 0 Å². The van der Waals surface area contributed by atoms with Crippen LogP contribution in [0.4, 0.5) is 19.4 Å². The lowest BCUT2D eigenvalue weighted by Crippen LogP contribution is -2.43. The second-order valence-electron chi connectivity index (χ2n) is 5.18. The van der Waals surface area contributed by atoms with Crippen LogP contribution < -0.4 is 10.7 Å². The Labute approximate surface area is 138 Å². The van der Waals surface area contributed by atoms with Crippen LogP contribution in [-0.2, 0) is 11.8 Å². The van der Waals surface area contributed by atoms with Crippen molar-refractivity contribution >= 4 is 11.8 Å². The molecule has 2 aromatic rings. The van der Waals surface area contributed by atoms with Crippen molar-refractivity contribution < 1.29 is 18.3 Å². The molecule has 9 heteroatoms. The quantitative estimate of drug-likeness (QED) is 0.790. The van der Waals surface area contributed by atoms with E-state index in [-0.39, 0.29) is 5.56 Å². The Kier molecular flexibility index (Phi) is 5.83. The highest BCUT2D eigenvalue weighted by atomic mass is 19.1. The second-order valence-corrected chi connectivity index (χ2v) is 5.18. The highest BCUT2D eigenvalue weighted by Gasteiger charge is 2.12. The SMILES string of the molecule is COCCN(C)NC(=O)Nc1cc(-c2cc(F)cc(F)c2)nn1C. The Hall–Kier alpha value is -2.52. The van der Waals surface area contributed by atoms with Gasteiger partial charge in [0.2, 0.25) is 0 Å². The predicted octanol–water partition coefficient (Wildman–Crippen LogP) is 1.98. The fraction of sp³-hybridized carbons (Fsp3) is 0.333. The number of amides is 2. The molecule has 0 saturated carbocycles. The summed E-state index contributed by atoms with van der Waals surface area (Å²) in [5, 5.41) is 8.34. The molecule has 2 amide bonds. The highest BCUT2D eigenvalue weighted by Crippen LogP contribution is 2.23. The largest absolute Gasteiger partial charge is 0.383 e. The third kappa shape index (κ3) is 4.74. The number of halogens is 2. The summed E-state index contributed by atoms with van der Waals surface area (Å²) in [6.45, 7) is 0.987. The molecule has 0 unspecified atom stereocenters. The molecule has 130 valence electrons. The number of ether oxygens (including phenoxy) is 1. The van der Waals surface area contributed by atoms with Crippen molar-refractivity contribution in [2.75, 3.05) is 32.6 Å². The average Bonchev–Trinajstić information content (AvgIpc) is 2.85. The molecule has 0 atom stereocenters. The lowest BCUT2D eigenvalue weighted by atomic mass is 10.1. The number of aromatic nitrogens is 2. The summed E-state index contributed by atoms with van der Waals surface area (Å²) in [5.41, 5.74) is 3.23. The number of benzene rings is 1. The Morgan fingerprint density at radius 3 is 2.58 bits per heavy atom. The summed E-state index contributed by atoms with van der Waals surface area (Å²) in [5.74, 6) is -1.00. The van der Waals surface area contributed by atoms with Crippen LogP contribution in [-0.4, -0.2) is 48.1 Å². The van der Waals surface area contributed by atoms with Crippen molar-refractivity contribution in [2.45, 2.75) is 0 Å². The fourth-order valence-electron chi connectivity index (χ4n) is 2.03. The lowest BCUT2D eigenvalue weighted by molar-refractivity contribution is 0.140. The van der Waals surface area contributed by atoms with Gasteiger partial charge < -0.3 is 4.74 Å². The van der Waals surface area contributed by atoms with Gasteiger partial charge in [-0.1, -0.05) is 0 Å². The third-order valence-corrected chi connectivity index (χ3v) is 3.20. The highest BCUT2D eigenvalue weighted by molar-refractivity contribution is 5.88. The fourth-order valence-corrected chi connectivity index (χ4v) is 2.03. The first-order valence-corrected chi connectivity index (χ1v) is 7.17. The number of hydrazine groups is 1. The van der Waals surface area contributed by atoms with Crippen LogP contribution in [0.2, 0.25) is 0 Å². The molecule has 0 aliphatic carbocycles. The number of nitrogens with one attached hydrogen (secondary N) is 2. The molecule has 0 bridgehead atoms. The van der Waals surface area contributed by atoms with Gasteiger partial charge in [0.05, 0.1) is 12.3 Å². The number of nitrogens with zero attached hydrogens (tertiary/aromatic N) is 3. The van der Waals surface area contributed by atoms with Gasteiger partial charge in [-0.15, -0.1) is 0 Å². The normalized spacial score (nSPS) is 10.9. The minimum absolute atomic E-state index is 0.286. The minimum atomic E-state index is -0.692. The molecule has 1 heterocycles. The van der Waals surface area contributed by atoms with Crippen LogP contribution in [0.5, 0.6) is 0 Å². The van der Waals surface area contributed by atoms with E-state index >= 15 is 0 Å². The molecule has 2 N–H and O–H groups in total. The topological polar surface area (TPSA) is 71.4 Å². The predicted molar refractivity (Wildman–Crippen MR) is 85.2 cm³/mol. The zero-order chi connectivity index (χ0) is 17.7. The van der Waals surface area contributed by atoms with Crippen molar-refractivity contribution in [3.8, 4) is 11.3 Å². The van der Waals surface area contributed by atoms with E-state index in [9.17, 15) is 13.6 Å². The van der Waals surface area contributed by atoms with Gasteiger partial charge in [-0.05, 0) is 12.1 Å². The molecule has 0 aliphatic heterocycles. The van der Waals surface area contributed by atoms with Gasteiger partial charge in [0.1, 0.15) is 17.5 Å². The molecule has 1 aromatic heterocycles. The van der Waals surface area contributed by atoms with Crippen LogP contribution in [0.25, 0.3) is 11.3 Å². The van der Waals surface area contributed by atoms with Crippen molar-refractivity contribution in [1.82, 2.24) is 20.2 Å². The van der Waals surface area contributed by atoms with Crippen molar-refractivity contribution in [3.05, 3.63) is 35.9 Å². The van der Waals surface area contributed by atoms with Gasteiger partial charge in [0.25, 0.3) is 0 Å². The van der Waals surface area contributed by atoms with E-state index in [1.165, 1.54) is 22.9 Å². The van der Waals surface area contributed by atoms with Gasteiger partial charge in [-0.2, -0.15) is 5.10 Å². The van der Waals surface area contributed by atoms with Crippen LogP contribution in [0.15, 0.2) is 24.3 Å². The second kappa shape index (κ2) is 7.84. The molecule has 0 aliphatic rings. The summed E-state index contributed by atoms with van der Waals surface area (Å²) in [6.07, 6.45) is 0. The number of carbonyl (C=O) groups excluding carboxylic acids is 1. The molecule has 2 rings (SSSR count). The summed E-state index contributed by atoms with van der Waals surface area (Å²) in [6, 6.07) is 4.20. The van der Waals surface area contributed by atoms with Gasteiger partial charge in [-0.3, -0.25) is 15.4 Å². The average molecular weight is 339 g/mol. The molecular formula is C15H19F2N5O2. The number of methoxy groups -OCH3 is 1. The summed E-state index contributed by atoms with van der Waals surface area (Å²) in [7, 11) is 4.88. The first-order valence-electron chi connectivity index (χ1n) is 7.17. The van der Waals surface area contributed by atoms with Gasteiger partial charge in [-0.25, -0.2) is 18.6 Å². The summed E-state index contributed by atoms with van der Waals surface area (Å²) < 4.78 is 32.9. The number of hydrogen-bond donors (Lipinski definition) is 2. The molecule has 0 fully saturated rings. The molecule has 7 nitrogen and oxygen atoms in total. The van der Waals surface area contributed by atoms with Crippen molar-refractivity contribution in [2.24, 2.45) is 7.05 Å². The van der Waals surface area contributed by atoms with Crippen molar-refractivity contribution in [1.29, 1.82) is 0 Å². The smallest absolute Gasteiger partial charge is 0.334 e. The summed E-state index contributed by atoms with van der Waals surface area (Å²) in [4.78, 5) is 11.9. The Balaban J connectivity index is 2.07. The van der Waals surface area contributed by atoms with Crippen LogP contribution in [0, 0.1) is 11.6 Å². The first-order chi connectivity index (χ1) is 11.4. The first kappa shape index (κ1) is 17.8. The van der Waals surface area contributed by atoms with E-state index in [0.29, 0.717) is 24.7 Å². The maximum atomic E-state index is 13.3. The zero-order valence-electron chi connectivity index (χ0n) is 13.6. The Morgan fingerprint density at radius 1 is 1.29 bits per heavy atom. The summed E-state index contributed by atoms with van der Waals surface area (Å²) >= 11 is 0. The molecule has 0 spiro atoms. The van der Waals surface area contributed by atoms with E-state index in [1.807, 2.05) is 0 Å². The van der Waals surface area contributed by atoms with E-state index in [4.69, 9.17) is 4.74 Å². The van der Waals surface area contributed by atoms with Crippen LogP contribution in [0.1, 0.15) is 0 Å². The minimum Gasteiger partial charge on any atom is -0.383 e. The van der Waals surface area contributed by atoms with E-state index in [2.05, 4.69) is 15.8 Å². The maximum absolute atomic E-state index is 13.3. The number of aryl methyl sites for hydroxylation is 1. The molecular weight excluding hydrogens is 320 g/mol. The zero-order valence-corrected chi connectivity index (χ0v) is 13.6. The van der Waals surface area contributed by atoms with Gasteiger partial charge in [0.15, 0.2) is 0 Å². The molecule has 0 radical (unpaired) electrons. The maximum Gasteiger partial charge on any atom is 0.334 e. The molecule has 0 saturated heterocycles. The number of rotatable bonds is 6. The molecule has 24 heavy (non-hydrogen) atoms. The lowest BCUT2D eigenvalue weighted by Gasteiger charge is -2.17. The number of urea groups is 1. The van der Waals surface area contributed by atoms with E-state index < -0.39 is 17.7 Å². The van der Waals surface area contributed by atoms with Gasteiger partial charge in [0, 0.05) is 45.4 Å².